The summed E-state index contributed by atoms with van der Waals surface area (Å²) in [5, 5.41) is 0. The van der Waals surface area contributed by atoms with Gasteiger partial charge in [-0.2, -0.15) is 0 Å². The van der Waals surface area contributed by atoms with Crippen LogP contribution in [-0.2, 0) is 0 Å². The average molecular weight is 324 g/mol. The number of thiophene rings is 1. The summed E-state index contributed by atoms with van der Waals surface area (Å²) in [6.07, 6.45) is 2.02. The first-order chi connectivity index (χ1) is 8.61. The summed E-state index contributed by atoms with van der Waals surface area (Å²) < 4.78 is 1.13. The molecule has 1 aliphatic rings. The van der Waals surface area contributed by atoms with E-state index < -0.39 is 0 Å². The summed E-state index contributed by atoms with van der Waals surface area (Å²) in [4.78, 5) is 10.4. The van der Waals surface area contributed by atoms with Gasteiger partial charge in [0.2, 0.25) is 0 Å². The number of aryl methyl sites for hydroxylation is 1. The zero-order valence-electron chi connectivity index (χ0n) is 10.1. The summed E-state index contributed by atoms with van der Waals surface area (Å²) in [6.45, 7) is 2.02. The van der Waals surface area contributed by atoms with Crippen molar-refractivity contribution in [1.82, 2.24) is 9.97 Å². The smallest absolute Gasteiger partial charge is 0.132 e. The third-order valence-corrected chi connectivity index (χ3v) is 4.88. The Kier molecular flexibility index (Phi) is 3.21. The second-order valence-electron chi connectivity index (χ2n) is 4.78. The van der Waals surface area contributed by atoms with Gasteiger partial charge in [0.15, 0.2) is 0 Å². The van der Waals surface area contributed by atoms with Crippen LogP contribution in [-0.4, -0.2) is 16.0 Å². The SMILES string of the molecule is Cc1cc(-c2ccc(Br)s2)nc(C2CC(N)C2)n1. The van der Waals surface area contributed by atoms with Crippen LogP contribution in [0.3, 0.4) is 0 Å². The Morgan fingerprint density at radius 2 is 2.11 bits per heavy atom. The third-order valence-electron chi connectivity index (χ3n) is 3.24. The zero-order valence-corrected chi connectivity index (χ0v) is 12.5. The molecule has 0 atom stereocenters. The number of hydrogen-bond acceptors (Lipinski definition) is 4. The molecule has 0 aromatic carbocycles. The van der Waals surface area contributed by atoms with E-state index in [0.29, 0.717) is 12.0 Å². The average Bonchev–Trinajstić information content (AvgIpc) is 2.71. The van der Waals surface area contributed by atoms with Gasteiger partial charge in [-0.05, 0) is 53.9 Å². The summed E-state index contributed by atoms with van der Waals surface area (Å²) in [6, 6.07) is 6.52. The fourth-order valence-electron chi connectivity index (χ4n) is 2.22. The number of halogens is 1. The van der Waals surface area contributed by atoms with Crippen molar-refractivity contribution in [3.8, 4) is 10.6 Å². The lowest BCUT2D eigenvalue weighted by Gasteiger charge is -2.31. The van der Waals surface area contributed by atoms with Crippen molar-refractivity contribution < 1.29 is 0 Å². The molecule has 0 bridgehead atoms. The molecule has 2 aromatic rings. The summed E-state index contributed by atoms with van der Waals surface area (Å²) in [5.41, 5.74) is 7.89. The number of hydrogen-bond donors (Lipinski definition) is 1. The van der Waals surface area contributed by atoms with Crippen molar-refractivity contribution in [1.29, 1.82) is 0 Å². The van der Waals surface area contributed by atoms with Crippen LogP contribution in [0.25, 0.3) is 10.6 Å². The Balaban J connectivity index is 1.95. The molecule has 0 saturated heterocycles. The van der Waals surface area contributed by atoms with Crippen LogP contribution in [0.5, 0.6) is 0 Å². The molecule has 2 heterocycles. The second-order valence-corrected chi connectivity index (χ2v) is 7.25. The van der Waals surface area contributed by atoms with Gasteiger partial charge in [-0.15, -0.1) is 11.3 Å². The van der Waals surface area contributed by atoms with Gasteiger partial charge < -0.3 is 5.73 Å². The van der Waals surface area contributed by atoms with E-state index in [0.717, 1.165) is 33.8 Å². The Morgan fingerprint density at radius 1 is 1.33 bits per heavy atom. The van der Waals surface area contributed by atoms with E-state index in [1.165, 1.54) is 4.88 Å². The first kappa shape index (κ1) is 12.3. The lowest BCUT2D eigenvalue weighted by Crippen LogP contribution is -2.35. The maximum atomic E-state index is 5.84. The van der Waals surface area contributed by atoms with Gasteiger partial charge in [0.05, 0.1) is 14.4 Å². The molecule has 94 valence electrons. The van der Waals surface area contributed by atoms with Crippen LogP contribution in [0.2, 0.25) is 0 Å². The normalized spacial score (nSPS) is 22.8. The molecule has 3 rings (SSSR count). The largest absolute Gasteiger partial charge is 0.328 e. The van der Waals surface area contributed by atoms with Crippen LogP contribution in [0, 0.1) is 6.92 Å². The van der Waals surface area contributed by atoms with Crippen LogP contribution in [0.4, 0.5) is 0 Å². The fraction of sp³-hybridized carbons (Fsp3) is 0.385. The lowest BCUT2D eigenvalue weighted by atomic mass is 9.80. The van der Waals surface area contributed by atoms with Crippen molar-refractivity contribution >= 4 is 27.3 Å². The Labute approximate surface area is 119 Å². The van der Waals surface area contributed by atoms with Crippen molar-refractivity contribution in [3.63, 3.8) is 0 Å². The first-order valence-corrected chi connectivity index (χ1v) is 7.59. The third kappa shape index (κ3) is 2.35. The maximum absolute atomic E-state index is 5.84. The van der Waals surface area contributed by atoms with Gasteiger partial charge in [-0.3, -0.25) is 0 Å². The minimum Gasteiger partial charge on any atom is -0.328 e. The molecule has 1 aliphatic carbocycles. The topological polar surface area (TPSA) is 51.8 Å². The fourth-order valence-corrected chi connectivity index (χ4v) is 3.57. The van der Waals surface area contributed by atoms with Gasteiger partial charge in [0.1, 0.15) is 5.82 Å². The predicted octanol–water partition coefficient (Wildman–Crippen LogP) is 3.48. The van der Waals surface area contributed by atoms with E-state index >= 15 is 0 Å². The van der Waals surface area contributed by atoms with Gasteiger partial charge in [0, 0.05) is 17.7 Å². The molecule has 0 radical (unpaired) electrons. The van der Waals surface area contributed by atoms with Crippen LogP contribution in [0.1, 0.15) is 30.3 Å². The van der Waals surface area contributed by atoms with Gasteiger partial charge in [-0.25, -0.2) is 9.97 Å². The molecule has 1 fully saturated rings. The number of aromatic nitrogens is 2. The number of nitrogens with zero attached hydrogens (tertiary/aromatic N) is 2. The molecule has 3 nitrogen and oxygen atoms in total. The molecular weight excluding hydrogens is 310 g/mol. The molecular formula is C13H14BrN3S. The molecule has 2 N–H and O–H groups in total. The zero-order chi connectivity index (χ0) is 12.7. The summed E-state index contributed by atoms with van der Waals surface area (Å²) >= 11 is 5.18. The van der Waals surface area contributed by atoms with E-state index in [2.05, 4.69) is 33.0 Å². The Bertz CT molecular complexity index is 575. The van der Waals surface area contributed by atoms with Crippen molar-refractivity contribution in [3.05, 3.63) is 33.5 Å². The predicted molar refractivity (Wildman–Crippen MR) is 77.7 cm³/mol. The Morgan fingerprint density at radius 3 is 2.72 bits per heavy atom. The van der Waals surface area contributed by atoms with Gasteiger partial charge >= 0.3 is 0 Å². The molecule has 0 unspecified atom stereocenters. The van der Waals surface area contributed by atoms with E-state index in [-0.39, 0.29) is 0 Å². The maximum Gasteiger partial charge on any atom is 0.132 e. The molecule has 18 heavy (non-hydrogen) atoms. The summed E-state index contributed by atoms with van der Waals surface area (Å²) in [5.74, 6) is 1.40. The quantitative estimate of drug-likeness (QED) is 0.920. The minimum atomic E-state index is 0.332. The van der Waals surface area contributed by atoms with E-state index in [9.17, 15) is 0 Å². The standard InChI is InChI=1S/C13H14BrN3S/c1-7-4-10(11-2-3-12(14)18-11)17-13(16-7)8-5-9(15)6-8/h2-4,8-9H,5-6,15H2,1H3. The minimum absolute atomic E-state index is 0.332. The highest BCUT2D eigenvalue weighted by Crippen LogP contribution is 2.36. The van der Waals surface area contributed by atoms with Crippen LogP contribution >= 0.6 is 27.3 Å². The van der Waals surface area contributed by atoms with E-state index in [4.69, 9.17) is 10.7 Å². The molecule has 1 saturated carbocycles. The highest BCUT2D eigenvalue weighted by molar-refractivity contribution is 9.11. The molecule has 0 aliphatic heterocycles. The number of nitrogens with two attached hydrogens (primary N) is 1. The van der Waals surface area contributed by atoms with Crippen LogP contribution in [0.15, 0.2) is 22.0 Å². The Hall–Kier alpha value is -0.780. The van der Waals surface area contributed by atoms with Crippen molar-refractivity contribution in [2.45, 2.75) is 31.7 Å². The monoisotopic (exact) mass is 323 g/mol. The van der Waals surface area contributed by atoms with Crippen molar-refractivity contribution in [2.75, 3.05) is 0 Å². The molecule has 0 spiro atoms. The molecule has 2 aromatic heterocycles. The summed E-state index contributed by atoms with van der Waals surface area (Å²) in [7, 11) is 0. The second kappa shape index (κ2) is 4.72. The van der Waals surface area contributed by atoms with Crippen molar-refractivity contribution in [2.24, 2.45) is 5.73 Å². The highest BCUT2D eigenvalue weighted by atomic mass is 79.9. The van der Waals surface area contributed by atoms with Gasteiger partial charge in [0.25, 0.3) is 0 Å². The lowest BCUT2D eigenvalue weighted by molar-refractivity contribution is 0.338. The number of rotatable bonds is 2. The highest BCUT2D eigenvalue weighted by Gasteiger charge is 2.30. The van der Waals surface area contributed by atoms with E-state index in [1.54, 1.807) is 11.3 Å². The first-order valence-electron chi connectivity index (χ1n) is 5.98. The van der Waals surface area contributed by atoms with Gasteiger partial charge in [-0.1, -0.05) is 0 Å². The van der Waals surface area contributed by atoms with E-state index in [1.807, 2.05) is 13.0 Å². The van der Waals surface area contributed by atoms with Crippen LogP contribution < -0.4 is 5.73 Å². The molecule has 0 amide bonds. The molecule has 5 heteroatoms.